The topological polar surface area (TPSA) is 30.0 Å². The second-order valence-corrected chi connectivity index (χ2v) is 5.22. The molecule has 3 aromatic rings. The zero-order valence-electron chi connectivity index (χ0n) is 11.2. The third kappa shape index (κ3) is 2.52. The Balaban J connectivity index is 2.14. The number of aromatic nitrogens is 1. The molecule has 0 N–H and O–H groups in total. The van der Waals surface area contributed by atoms with E-state index < -0.39 is 5.82 Å². The number of nitrogens with zero attached hydrogens (tertiary/aromatic N) is 1. The summed E-state index contributed by atoms with van der Waals surface area (Å²) in [7, 11) is 0. The molecular formula is C17H11ClFNO. The monoisotopic (exact) mass is 299 g/mol. The molecule has 4 heteroatoms. The number of carbonyl (C=O) groups excluding carboxylic acids is 1. The molecule has 0 fully saturated rings. The molecule has 0 radical (unpaired) electrons. The van der Waals surface area contributed by atoms with E-state index in [0.29, 0.717) is 16.5 Å². The molecule has 0 amide bonds. The van der Waals surface area contributed by atoms with Gasteiger partial charge in [-0.15, -0.1) is 0 Å². The first-order valence-electron chi connectivity index (χ1n) is 6.41. The lowest BCUT2D eigenvalue weighted by Gasteiger charge is -2.07. The number of hydrogen-bond acceptors (Lipinski definition) is 2. The van der Waals surface area contributed by atoms with Crippen molar-refractivity contribution in [1.29, 1.82) is 0 Å². The van der Waals surface area contributed by atoms with Crippen molar-refractivity contribution >= 4 is 28.3 Å². The van der Waals surface area contributed by atoms with Crippen LogP contribution in [0.2, 0.25) is 5.02 Å². The molecule has 0 aliphatic carbocycles. The number of aryl methyl sites for hydroxylation is 1. The van der Waals surface area contributed by atoms with Gasteiger partial charge in [0.15, 0.2) is 5.78 Å². The molecule has 104 valence electrons. The highest BCUT2D eigenvalue weighted by Gasteiger charge is 2.16. The van der Waals surface area contributed by atoms with Crippen molar-refractivity contribution in [3.63, 3.8) is 0 Å². The summed E-state index contributed by atoms with van der Waals surface area (Å²) in [6, 6.07) is 11.3. The Morgan fingerprint density at radius 1 is 1.14 bits per heavy atom. The molecule has 0 saturated carbocycles. The van der Waals surface area contributed by atoms with E-state index in [9.17, 15) is 9.18 Å². The van der Waals surface area contributed by atoms with Crippen LogP contribution < -0.4 is 0 Å². The van der Waals surface area contributed by atoms with Crippen LogP contribution in [0.4, 0.5) is 4.39 Å². The van der Waals surface area contributed by atoms with Gasteiger partial charge in [-0.1, -0.05) is 41.4 Å². The van der Waals surface area contributed by atoms with Crippen molar-refractivity contribution < 1.29 is 9.18 Å². The van der Waals surface area contributed by atoms with Gasteiger partial charge in [0.1, 0.15) is 5.82 Å². The summed E-state index contributed by atoms with van der Waals surface area (Å²) < 4.78 is 13.3. The van der Waals surface area contributed by atoms with Crippen LogP contribution >= 0.6 is 11.6 Å². The summed E-state index contributed by atoms with van der Waals surface area (Å²) in [6.45, 7) is 1.95. The van der Waals surface area contributed by atoms with Crippen molar-refractivity contribution in [2.75, 3.05) is 0 Å². The van der Waals surface area contributed by atoms with Gasteiger partial charge in [0.25, 0.3) is 0 Å². The Labute approximate surface area is 126 Å². The van der Waals surface area contributed by atoms with Crippen molar-refractivity contribution in [2.24, 2.45) is 0 Å². The van der Waals surface area contributed by atoms with Gasteiger partial charge in [0.05, 0.1) is 16.1 Å². The highest BCUT2D eigenvalue weighted by molar-refractivity contribution is 6.39. The summed E-state index contributed by atoms with van der Waals surface area (Å²) in [6.07, 6.45) is 1.44. The average molecular weight is 300 g/mol. The van der Waals surface area contributed by atoms with E-state index in [-0.39, 0.29) is 16.4 Å². The highest BCUT2D eigenvalue weighted by Crippen LogP contribution is 2.28. The van der Waals surface area contributed by atoms with Gasteiger partial charge in [-0.25, -0.2) is 4.39 Å². The van der Waals surface area contributed by atoms with Crippen LogP contribution in [0.15, 0.2) is 48.7 Å². The van der Waals surface area contributed by atoms with Crippen LogP contribution in [0.5, 0.6) is 0 Å². The molecule has 3 rings (SSSR count). The molecule has 2 aromatic carbocycles. The summed E-state index contributed by atoms with van der Waals surface area (Å²) >= 11 is 6.26. The Morgan fingerprint density at radius 3 is 2.57 bits per heavy atom. The first-order valence-corrected chi connectivity index (χ1v) is 6.79. The summed E-state index contributed by atoms with van der Waals surface area (Å²) in [5.74, 6) is -0.634. The number of hydrogen-bond donors (Lipinski definition) is 0. The van der Waals surface area contributed by atoms with Gasteiger partial charge in [0, 0.05) is 17.1 Å². The lowest BCUT2D eigenvalue weighted by Crippen LogP contribution is -2.03. The van der Waals surface area contributed by atoms with Gasteiger partial charge in [-0.3, -0.25) is 9.78 Å². The third-order valence-electron chi connectivity index (χ3n) is 3.32. The maximum absolute atomic E-state index is 13.3. The molecule has 1 heterocycles. The van der Waals surface area contributed by atoms with Crippen LogP contribution in [-0.4, -0.2) is 10.8 Å². The van der Waals surface area contributed by atoms with Crippen molar-refractivity contribution in [2.45, 2.75) is 6.92 Å². The molecule has 0 spiro atoms. The summed E-state index contributed by atoms with van der Waals surface area (Å²) in [5, 5.41) is 0.666. The molecule has 0 unspecified atom stereocenters. The molecule has 0 aliphatic heterocycles. The number of halogens is 2. The molecule has 0 aliphatic rings. The normalized spacial score (nSPS) is 10.8. The van der Waals surface area contributed by atoms with E-state index in [4.69, 9.17) is 11.6 Å². The van der Waals surface area contributed by atoms with Gasteiger partial charge >= 0.3 is 0 Å². The fourth-order valence-corrected chi connectivity index (χ4v) is 2.44. The zero-order valence-corrected chi connectivity index (χ0v) is 12.0. The van der Waals surface area contributed by atoms with Crippen LogP contribution in [0.25, 0.3) is 10.9 Å². The minimum Gasteiger partial charge on any atom is -0.288 e. The fraction of sp³-hybridized carbons (Fsp3) is 0.0588. The smallest absolute Gasteiger partial charge is 0.196 e. The number of pyridine rings is 1. The maximum Gasteiger partial charge on any atom is 0.196 e. The maximum atomic E-state index is 13.3. The Hall–Kier alpha value is -2.26. The lowest BCUT2D eigenvalue weighted by molar-refractivity contribution is 0.103. The van der Waals surface area contributed by atoms with Crippen molar-refractivity contribution in [3.05, 3.63) is 76.2 Å². The molecular weight excluding hydrogens is 289 g/mol. The van der Waals surface area contributed by atoms with Gasteiger partial charge in [-0.2, -0.15) is 0 Å². The van der Waals surface area contributed by atoms with Crippen molar-refractivity contribution in [3.8, 4) is 0 Å². The standard InChI is InChI=1S/C17H11ClFNO/c1-10-2-4-11(5-3-10)17(21)14-9-20-15-7-6-12(19)8-13(15)16(14)18/h2-9H,1H3. The van der Waals surface area contributed by atoms with E-state index in [1.165, 1.54) is 24.4 Å². The first-order chi connectivity index (χ1) is 10.1. The Bertz CT molecular complexity index is 843. The van der Waals surface area contributed by atoms with Crippen LogP contribution in [0.1, 0.15) is 21.5 Å². The van der Waals surface area contributed by atoms with E-state index in [1.54, 1.807) is 12.1 Å². The number of carbonyl (C=O) groups is 1. The SMILES string of the molecule is Cc1ccc(C(=O)c2cnc3ccc(F)cc3c2Cl)cc1. The molecule has 0 atom stereocenters. The van der Waals surface area contributed by atoms with Gasteiger partial charge in [0.2, 0.25) is 0 Å². The van der Waals surface area contributed by atoms with Crippen LogP contribution in [0.3, 0.4) is 0 Å². The van der Waals surface area contributed by atoms with E-state index in [1.807, 2.05) is 19.1 Å². The summed E-state index contributed by atoms with van der Waals surface area (Å²) in [4.78, 5) is 16.7. The lowest BCUT2D eigenvalue weighted by atomic mass is 10.0. The van der Waals surface area contributed by atoms with E-state index >= 15 is 0 Å². The van der Waals surface area contributed by atoms with E-state index in [0.717, 1.165) is 5.56 Å². The predicted octanol–water partition coefficient (Wildman–Crippen LogP) is 4.57. The minimum absolute atomic E-state index is 0.223. The second-order valence-electron chi connectivity index (χ2n) is 4.84. The summed E-state index contributed by atoms with van der Waals surface area (Å²) in [5.41, 5.74) is 2.43. The first kappa shape index (κ1) is 13.7. The molecule has 2 nitrogen and oxygen atoms in total. The molecule has 0 saturated heterocycles. The zero-order chi connectivity index (χ0) is 15.0. The molecule has 1 aromatic heterocycles. The number of ketones is 1. The van der Waals surface area contributed by atoms with Crippen LogP contribution in [-0.2, 0) is 0 Å². The van der Waals surface area contributed by atoms with E-state index in [2.05, 4.69) is 4.98 Å². The van der Waals surface area contributed by atoms with Crippen LogP contribution in [0, 0.1) is 12.7 Å². The minimum atomic E-state index is -0.411. The second kappa shape index (κ2) is 5.26. The quantitative estimate of drug-likeness (QED) is 0.649. The Kier molecular flexibility index (Phi) is 3.43. The predicted molar refractivity (Wildman–Crippen MR) is 81.3 cm³/mol. The molecule has 21 heavy (non-hydrogen) atoms. The Morgan fingerprint density at radius 2 is 1.86 bits per heavy atom. The average Bonchev–Trinajstić information content (AvgIpc) is 2.48. The fourth-order valence-electron chi connectivity index (χ4n) is 2.15. The highest BCUT2D eigenvalue weighted by atomic mass is 35.5. The largest absolute Gasteiger partial charge is 0.288 e. The molecule has 0 bridgehead atoms. The number of rotatable bonds is 2. The van der Waals surface area contributed by atoms with Gasteiger partial charge < -0.3 is 0 Å². The third-order valence-corrected chi connectivity index (χ3v) is 3.73. The van der Waals surface area contributed by atoms with Gasteiger partial charge in [-0.05, 0) is 25.1 Å². The number of fused-ring (bicyclic) bond motifs is 1. The van der Waals surface area contributed by atoms with Crippen molar-refractivity contribution in [1.82, 2.24) is 4.98 Å². The number of benzene rings is 2.